The Morgan fingerprint density at radius 2 is 1.94 bits per heavy atom. The summed E-state index contributed by atoms with van der Waals surface area (Å²) in [7, 11) is -3.40. The number of ether oxygens (including phenoxy) is 1. The van der Waals surface area contributed by atoms with Crippen LogP contribution in [-0.2, 0) is 26.2 Å². The Bertz CT molecular complexity index is 1150. The molecule has 0 aliphatic heterocycles. The lowest BCUT2D eigenvalue weighted by Gasteiger charge is -2.24. The van der Waals surface area contributed by atoms with Gasteiger partial charge in [0.1, 0.15) is 0 Å². The molecule has 166 valence electrons. The number of anilines is 1. The smallest absolute Gasteiger partial charge is 0.240 e. The van der Waals surface area contributed by atoms with Gasteiger partial charge in [0.2, 0.25) is 15.9 Å². The number of hydrogen-bond donors (Lipinski definition) is 4. The lowest BCUT2D eigenvalue weighted by Crippen LogP contribution is -2.50. The van der Waals surface area contributed by atoms with Gasteiger partial charge in [0, 0.05) is 5.39 Å². The Hall–Kier alpha value is -2.95. The SMILES string of the molecule is CC(C)(N)C(=O)NC(COCc1ccccc1)c1[nH]nc2cc(NS(C)(=O)=O)ccc12. The molecule has 1 atom stereocenters. The summed E-state index contributed by atoms with van der Waals surface area (Å²) in [6, 6.07) is 14.2. The first-order valence-electron chi connectivity index (χ1n) is 9.70. The number of fused-ring (bicyclic) bond motifs is 1. The number of benzene rings is 2. The lowest BCUT2D eigenvalue weighted by atomic mass is 10.0. The first kappa shape index (κ1) is 22.7. The van der Waals surface area contributed by atoms with Crippen LogP contribution in [0.1, 0.15) is 31.1 Å². The van der Waals surface area contributed by atoms with Crippen LogP contribution in [0.4, 0.5) is 5.69 Å². The largest absolute Gasteiger partial charge is 0.374 e. The van der Waals surface area contributed by atoms with Gasteiger partial charge >= 0.3 is 0 Å². The van der Waals surface area contributed by atoms with E-state index in [2.05, 4.69) is 20.2 Å². The molecule has 1 aromatic heterocycles. The number of rotatable bonds is 9. The Kier molecular flexibility index (Phi) is 6.63. The van der Waals surface area contributed by atoms with Crippen molar-refractivity contribution in [2.75, 3.05) is 17.6 Å². The van der Waals surface area contributed by atoms with Crippen LogP contribution in [0.5, 0.6) is 0 Å². The highest BCUT2D eigenvalue weighted by molar-refractivity contribution is 7.92. The standard InChI is InChI=1S/C21H27N5O4S/c1-21(2,22)20(27)23-18(13-30-12-14-7-5-4-6-8-14)19-16-10-9-15(26-31(3,28)29)11-17(16)24-25-19/h4-11,18,26H,12-13,22H2,1-3H3,(H,23,27)(H,24,25). The van der Waals surface area contributed by atoms with Crippen molar-refractivity contribution < 1.29 is 17.9 Å². The predicted molar refractivity (Wildman–Crippen MR) is 120 cm³/mol. The molecule has 0 saturated carbocycles. The van der Waals surface area contributed by atoms with E-state index in [1.54, 1.807) is 32.0 Å². The second-order valence-corrected chi connectivity index (χ2v) is 9.74. The summed E-state index contributed by atoms with van der Waals surface area (Å²) in [5.74, 6) is -0.334. The molecule has 3 rings (SSSR count). The molecule has 9 nitrogen and oxygen atoms in total. The quantitative estimate of drug-likeness (QED) is 0.397. The average Bonchev–Trinajstić information content (AvgIpc) is 3.09. The second kappa shape index (κ2) is 9.04. The van der Waals surface area contributed by atoms with Gasteiger partial charge in [-0.25, -0.2) is 8.42 Å². The molecule has 0 fully saturated rings. The predicted octanol–water partition coefficient (Wildman–Crippen LogP) is 2.05. The van der Waals surface area contributed by atoms with Gasteiger partial charge in [-0.05, 0) is 37.6 Å². The van der Waals surface area contributed by atoms with Crippen molar-refractivity contribution in [1.82, 2.24) is 15.5 Å². The van der Waals surface area contributed by atoms with E-state index in [0.29, 0.717) is 23.5 Å². The number of nitrogens with two attached hydrogens (primary N) is 1. The van der Waals surface area contributed by atoms with E-state index in [4.69, 9.17) is 10.5 Å². The minimum Gasteiger partial charge on any atom is -0.374 e. The number of carbonyl (C=O) groups excluding carboxylic acids is 1. The third kappa shape index (κ3) is 6.27. The molecule has 2 aromatic carbocycles. The zero-order chi connectivity index (χ0) is 22.6. The Morgan fingerprint density at radius 3 is 2.58 bits per heavy atom. The fourth-order valence-corrected chi connectivity index (χ4v) is 3.54. The highest BCUT2D eigenvalue weighted by atomic mass is 32.2. The van der Waals surface area contributed by atoms with Crippen molar-refractivity contribution in [3.05, 3.63) is 59.8 Å². The number of amides is 1. The number of aromatic amines is 1. The van der Waals surface area contributed by atoms with E-state index in [1.807, 2.05) is 30.3 Å². The van der Waals surface area contributed by atoms with Crippen LogP contribution < -0.4 is 15.8 Å². The van der Waals surface area contributed by atoms with Crippen molar-refractivity contribution in [3.63, 3.8) is 0 Å². The minimum atomic E-state index is -3.40. The van der Waals surface area contributed by atoms with Gasteiger partial charge in [-0.1, -0.05) is 30.3 Å². The van der Waals surface area contributed by atoms with Gasteiger partial charge in [0.15, 0.2) is 0 Å². The van der Waals surface area contributed by atoms with Gasteiger partial charge < -0.3 is 15.8 Å². The van der Waals surface area contributed by atoms with Crippen molar-refractivity contribution in [3.8, 4) is 0 Å². The fraction of sp³-hybridized carbons (Fsp3) is 0.333. The Morgan fingerprint density at radius 1 is 1.23 bits per heavy atom. The molecule has 0 aliphatic rings. The van der Waals surface area contributed by atoms with Crippen LogP contribution in [-0.4, -0.2) is 42.9 Å². The highest BCUT2D eigenvalue weighted by Gasteiger charge is 2.27. The number of nitrogens with one attached hydrogen (secondary N) is 3. The zero-order valence-corrected chi connectivity index (χ0v) is 18.5. The van der Waals surface area contributed by atoms with Crippen LogP contribution in [0.2, 0.25) is 0 Å². The second-order valence-electron chi connectivity index (χ2n) is 7.99. The maximum absolute atomic E-state index is 12.5. The molecule has 31 heavy (non-hydrogen) atoms. The zero-order valence-electron chi connectivity index (χ0n) is 17.7. The molecule has 1 unspecified atom stereocenters. The molecule has 0 bridgehead atoms. The summed E-state index contributed by atoms with van der Waals surface area (Å²) >= 11 is 0. The average molecular weight is 446 g/mol. The molecule has 5 N–H and O–H groups in total. The van der Waals surface area contributed by atoms with Crippen molar-refractivity contribution in [2.45, 2.75) is 32.0 Å². The van der Waals surface area contributed by atoms with Crippen molar-refractivity contribution >= 4 is 32.5 Å². The van der Waals surface area contributed by atoms with E-state index in [-0.39, 0.29) is 12.5 Å². The molecule has 1 heterocycles. The van der Waals surface area contributed by atoms with E-state index in [1.165, 1.54) is 0 Å². The normalized spacial score (nSPS) is 13.2. The molecule has 0 aliphatic carbocycles. The molecule has 10 heteroatoms. The molecule has 3 aromatic rings. The van der Waals surface area contributed by atoms with Crippen LogP contribution >= 0.6 is 0 Å². The maximum Gasteiger partial charge on any atom is 0.240 e. The number of H-pyrrole nitrogens is 1. The lowest BCUT2D eigenvalue weighted by molar-refractivity contribution is -0.126. The Balaban J connectivity index is 1.84. The number of carbonyl (C=O) groups is 1. The van der Waals surface area contributed by atoms with E-state index >= 15 is 0 Å². The van der Waals surface area contributed by atoms with Crippen LogP contribution in [0.25, 0.3) is 10.9 Å². The molecule has 0 spiro atoms. The summed E-state index contributed by atoms with van der Waals surface area (Å²) in [6.07, 6.45) is 1.08. The Labute approximate surface area is 181 Å². The van der Waals surface area contributed by atoms with Gasteiger partial charge in [-0.2, -0.15) is 5.10 Å². The van der Waals surface area contributed by atoms with Crippen molar-refractivity contribution in [2.24, 2.45) is 5.73 Å². The summed E-state index contributed by atoms with van der Waals surface area (Å²) in [5, 5.41) is 10.9. The topological polar surface area (TPSA) is 139 Å². The third-order valence-corrected chi connectivity index (χ3v) is 5.13. The van der Waals surface area contributed by atoms with Gasteiger partial charge in [0.05, 0.1) is 47.9 Å². The third-order valence-electron chi connectivity index (χ3n) is 4.52. The van der Waals surface area contributed by atoms with Gasteiger partial charge in [-0.3, -0.25) is 14.6 Å². The molecular weight excluding hydrogens is 418 g/mol. The van der Waals surface area contributed by atoms with E-state index < -0.39 is 21.6 Å². The van der Waals surface area contributed by atoms with Gasteiger partial charge in [-0.15, -0.1) is 0 Å². The van der Waals surface area contributed by atoms with Crippen LogP contribution in [0, 0.1) is 0 Å². The fourth-order valence-electron chi connectivity index (χ4n) is 2.99. The first-order valence-corrected chi connectivity index (χ1v) is 11.6. The summed E-state index contributed by atoms with van der Waals surface area (Å²) in [4.78, 5) is 12.5. The number of aromatic nitrogens is 2. The van der Waals surface area contributed by atoms with Crippen LogP contribution in [0.3, 0.4) is 0 Å². The molecule has 0 saturated heterocycles. The first-order chi connectivity index (χ1) is 14.5. The number of hydrogen-bond acceptors (Lipinski definition) is 6. The van der Waals surface area contributed by atoms with Gasteiger partial charge in [0.25, 0.3) is 0 Å². The number of nitrogens with zero attached hydrogens (tertiary/aromatic N) is 1. The van der Waals surface area contributed by atoms with Crippen LogP contribution in [0.15, 0.2) is 48.5 Å². The molecular formula is C21H27N5O4S. The highest BCUT2D eigenvalue weighted by Crippen LogP contribution is 2.26. The monoisotopic (exact) mass is 445 g/mol. The van der Waals surface area contributed by atoms with Crippen molar-refractivity contribution in [1.29, 1.82) is 0 Å². The summed E-state index contributed by atoms with van der Waals surface area (Å²) in [5.41, 5.74) is 7.49. The summed E-state index contributed by atoms with van der Waals surface area (Å²) in [6.45, 7) is 3.82. The van der Waals surface area contributed by atoms with E-state index in [0.717, 1.165) is 17.2 Å². The number of sulfonamides is 1. The maximum atomic E-state index is 12.5. The molecule has 0 radical (unpaired) electrons. The summed E-state index contributed by atoms with van der Waals surface area (Å²) < 4.78 is 31.3. The molecule has 1 amide bonds. The minimum absolute atomic E-state index is 0.192. The van der Waals surface area contributed by atoms with E-state index in [9.17, 15) is 13.2 Å².